The maximum atomic E-state index is 13.7. The lowest BCUT2D eigenvalue weighted by atomic mass is 9.62. The zero-order valence-corrected chi connectivity index (χ0v) is 19.0. The van der Waals surface area contributed by atoms with Gasteiger partial charge in [0, 0.05) is 26.7 Å². The molecule has 8 heteroatoms. The Labute approximate surface area is 188 Å². The number of amides is 3. The summed E-state index contributed by atoms with van der Waals surface area (Å²) in [5.74, 6) is -1.99. The summed E-state index contributed by atoms with van der Waals surface area (Å²) in [7, 11) is 1.57. The number of aliphatic hydroxyl groups is 1. The van der Waals surface area contributed by atoms with Gasteiger partial charge in [0.05, 0.1) is 17.4 Å². The fourth-order valence-electron chi connectivity index (χ4n) is 6.11. The van der Waals surface area contributed by atoms with Gasteiger partial charge in [-0.3, -0.25) is 14.4 Å². The molecule has 0 aliphatic carbocycles. The Morgan fingerprint density at radius 2 is 1.94 bits per heavy atom. The maximum Gasteiger partial charge on any atom is 0.246 e. The molecule has 4 rings (SSSR count). The van der Waals surface area contributed by atoms with Crippen molar-refractivity contribution in [1.29, 1.82) is 0 Å². The molecule has 3 aliphatic rings. The third-order valence-corrected chi connectivity index (χ3v) is 7.71. The molecule has 1 aromatic rings. The summed E-state index contributed by atoms with van der Waals surface area (Å²) < 4.78 is 6.58. The number of hydrogen-bond donors (Lipinski definition) is 3. The Kier molecular flexibility index (Phi) is 6.02. The zero-order chi connectivity index (χ0) is 23.1. The highest BCUT2D eigenvalue weighted by Gasteiger charge is 2.79. The van der Waals surface area contributed by atoms with E-state index in [-0.39, 0.29) is 30.2 Å². The van der Waals surface area contributed by atoms with Crippen LogP contribution in [0.1, 0.15) is 38.7 Å². The molecule has 6 atom stereocenters. The molecule has 0 radical (unpaired) electrons. The first-order valence-corrected chi connectivity index (χ1v) is 11.4. The number of carbonyl (C=O) groups excluding carboxylic acids is 3. The van der Waals surface area contributed by atoms with E-state index in [9.17, 15) is 19.5 Å². The summed E-state index contributed by atoms with van der Waals surface area (Å²) in [5.41, 5.74) is -0.857. The average Bonchev–Trinajstić information content (AvgIpc) is 3.29. The van der Waals surface area contributed by atoms with Gasteiger partial charge < -0.3 is 25.4 Å². The van der Waals surface area contributed by atoms with Crippen molar-refractivity contribution in [1.82, 2.24) is 15.5 Å². The van der Waals surface area contributed by atoms with Gasteiger partial charge in [0.25, 0.3) is 0 Å². The first kappa shape index (κ1) is 22.7. The zero-order valence-electron chi connectivity index (χ0n) is 19.0. The second-order valence-electron chi connectivity index (χ2n) is 9.48. The molecule has 174 valence electrons. The Bertz CT molecular complexity index is 893. The Hall–Kier alpha value is -2.45. The van der Waals surface area contributed by atoms with Crippen LogP contribution in [0.2, 0.25) is 0 Å². The van der Waals surface area contributed by atoms with Crippen molar-refractivity contribution >= 4 is 17.7 Å². The van der Waals surface area contributed by atoms with Crippen LogP contribution in [0.4, 0.5) is 0 Å². The van der Waals surface area contributed by atoms with Gasteiger partial charge in [-0.2, -0.15) is 0 Å². The molecule has 2 bridgehead atoms. The van der Waals surface area contributed by atoms with Gasteiger partial charge in [0.15, 0.2) is 0 Å². The van der Waals surface area contributed by atoms with E-state index >= 15 is 0 Å². The molecule has 3 aliphatic heterocycles. The molecule has 3 saturated heterocycles. The van der Waals surface area contributed by atoms with Crippen LogP contribution < -0.4 is 10.6 Å². The van der Waals surface area contributed by atoms with Crippen LogP contribution in [0.25, 0.3) is 0 Å². The van der Waals surface area contributed by atoms with Crippen molar-refractivity contribution in [3.63, 3.8) is 0 Å². The number of likely N-dealkylation sites (tertiary alicyclic amines) is 1. The first-order valence-electron chi connectivity index (χ1n) is 11.4. The molecule has 1 aromatic carbocycles. The number of nitrogens with zero attached hydrogens (tertiary/aromatic N) is 1. The van der Waals surface area contributed by atoms with Crippen LogP contribution in [0.3, 0.4) is 0 Å². The van der Waals surface area contributed by atoms with Gasteiger partial charge in [0.2, 0.25) is 17.7 Å². The fraction of sp³-hybridized carbons (Fsp3) is 0.625. The molecule has 1 spiro atoms. The molecule has 3 fully saturated rings. The van der Waals surface area contributed by atoms with Crippen LogP contribution >= 0.6 is 0 Å². The quantitative estimate of drug-likeness (QED) is 0.516. The number of hydrogen-bond acceptors (Lipinski definition) is 5. The van der Waals surface area contributed by atoms with Gasteiger partial charge in [0.1, 0.15) is 11.6 Å². The third-order valence-electron chi connectivity index (χ3n) is 7.71. The highest BCUT2D eigenvalue weighted by Crippen LogP contribution is 2.65. The van der Waals surface area contributed by atoms with Crippen molar-refractivity contribution in [3.05, 3.63) is 35.9 Å². The van der Waals surface area contributed by atoms with E-state index in [0.29, 0.717) is 32.4 Å². The number of benzene rings is 1. The van der Waals surface area contributed by atoms with Crippen molar-refractivity contribution in [2.75, 3.05) is 20.2 Å². The predicted molar refractivity (Wildman–Crippen MR) is 117 cm³/mol. The Morgan fingerprint density at radius 1 is 1.22 bits per heavy atom. The standard InChI is InChI=1S/C24H33N3O5/c1-15-13-24-18(17(20(29)25-3)23(15,2)32-24)22(31)27(11-7-8-12-28)19(24)21(30)26-14-16-9-5-4-6-10-16/h4-6,9-10,15,17-19,28H,7-8,11-14H2,1-3H3,(H,25,29)(H,26,30)/t15?,17-,18-,19?,23+,24?/m0/s1. The van der Waals surface area contributed by atoms with Gasteiger partial charge in [-0.15, -0.1) is 0 Å². The van der Waals surface area contributed by atoms with E-state index in [0.717, 1.165) is 5.56 Å². The largest absolute Gasteiger partial charge is 0.396 e. The predicted octanol–water partition coefficient (Wildman–Crippen LogP) is 0.832. The summed E-state index contributed by atoms with van der Waals surface area (Å²) >= 11 is 0. The molecule has 0 saturated carbocycles. The summed E-state index contributed by atoms with van der Waals surface area (Å²) in [6.45, 7) is 4.64. The van der Waals surface area contributed by atoms with Crippen LogP contribution in [0.5, 0.6) is 0 Å². The number of aliphatic hydroxyl groups excluding tert-OH is 1. The van der Waals surface area contributed by atoms with E-state index in [1.54, 1.807) is 11.9 Å². The average molecular weight is 444 g/mol. The third kappa shape index (κ3) is 3.31. The van der Waals surface area contributed by atoms with Gasteiger partial charge in [-0.05, 0) is 37.7 Å². The van der Waals surface area contributed by atoms with Crippen molar-refractivity contribution < 1.29 is 24.2 Å². The molecule has 3 amide bonds. The van der Waals surface area contributed by atoms with E-state index < -0.39 is 29.1 Å². The van der Waals surface area contributed by atoms with Gasteiger partial charge >= 0.3 is 0 Å². The molecule has 8 nitrogen and oxygen atoms in total. The molecule has 3 unspecified atom stereocenters. The molecular formula is C24H33N3O5. The van der Waals surface area contributed by atoms with Gasteiger partial charge in [-0.25, -0.2) is 0 Å². The monoisotopic (exact) mass is 443 g/mol. The minimum Gasteiger partial charge on any atom is -0.396 e. The highest BCUT2D eigenvalue weighted by molar-refractivity contribution is 5.99. The molecule has 32 heavy (non-hydrogen) atoms. The molecule has 3 heterocycles. The van der Waals surface area contributed by atoms with Crippen LogP contribution in [-0.4, -0.2) is 65.2 Å². The number of ether oxygens (including phenoxy) is 1. The number of fused-ring (bicyclic) bond motifs is 1. The number of rotatable bonds is 8. The summed E-state index contributed by atoms with van der Waals surface area (Å²) in [4.78, 5) is 41.7. The van der Waals surface area contributed by atoms with Crippen molar-refractivity contribution in [3.8, 4) is 0 Å². The normalized spacial score (nSPS) is 35.1. The fourth-order valence-corrected chi connectivity index (χ4v) is 6.11. The Balaban J connectivity index is 1.68. The Morgan fingerprint density at radius 3 is 2.59 bits per heavy atom. The molecule has 3 N–H and O–H groups in total. The number of unbranched alkanes of at least 4 members (excludes halogenated alkanes) is 1. The van der Waals surface area contributed by atoms with Crippen LogP contribution in [0, 0.1) is 17.8 Å². The van der Waals surface area contributed by atoms with Gasteiger partial charge in [-0.1, -0.05) is 37.3 Å². The molecular weight excluding hydrogens is 410 g/mol. The molecule has 0 aromatic heterocycles. The van der Waals surface area contributed by atoms with E-state index in [1.807, 2.05) is 44.2 Å². The number of carbonyl (C=O) groups is 3. The SMILES string of the molecule is CNC(=O)[C@@H]1[C@H]2C(=O)N(CCCCO)C(C(=O)NCc3ccccc3)C23CC(C)[C@@]1(C)O3. The lowest BCUT2D eigenvalue weighted by Gasteiger charge is -2.36. The second-order valence-corrected chi connectivity index (χ2v) is 9.48. The minimum atomic E-state index is -1.03. The van der Waals surface area contributed by atoms with E-state index in [1.165, 1.54) is 0 Å². The number of nitrogens with one attached hydrogen (secondary N) is 2. The van der Waals surface area contributed by atoms with Crippen LogP contribution in [-0.2, 0) is 25.7 Å². The maximum absolute atomic E-state index is 13.7. The van der Waals surface area contributed by atoms with Crippen molar-refractivity contribution in [2.45, 2.75) is 56.9 Å². The highest BCUT2D eigenvalue weighted by atomic mass is 16.5. The second kappa shape index (κ2) is 8.48. The summed E-state index contributed by atoms with van der Waals surface area (Å²) in [6, 6.07) is 8.80. The smallest absolute Gasteiger partial charge is 0.246 e. The summed E-state index contributed by atoms with van der Waals surface area (Å²) in [6.07, 6.45) is 1.66. The van der Waals surface area contributed by atoms with E-state index in [4.69, 9.17) is 4.74 Å². The first-order chi connectivity index (χ1) is 15.3. The minimum absolute atomic E-state index is 0.0218. The van der Waals surface area contributed by atoms with E-state index in [2.05, 4.69) is 10.6 Å². The van der Waals surface area contributed by atoms with Crippen LogP contribution in [0.15, 0.2) is 30.3 Å². The topological polar surface area (TPSA) is 108 Å². The lowest BCUT2D eigenvalue weighted by molar-refractivity contribution is -0.147. The van der Waals surface area contributed by atoms with Crippen molar-refractivity contribution in [2.24, 2.45) is 17.8 Å². The lowest BCUT2D eigenvalue weighted by Crippen LogP contribution is -2.55. The summed E-state index contributed by atoms with van der Waals surface area (Å²) in [5, 5.41) is 14.9.